The van der Waals surface area contributed by atoms with E-state index in [9.17, 15) is 22.8 Å². The van der Waals surface area contributed by atoms with Crippen LogP contribution in [0.3, 0.4) is 0 Å². The number of H-pyrrole nitrogens is 1. The fourth-order valence-electron chi connectivity index (χ4n) is 3.61. The maximum Gasteiger partial charge on any atom is 0.490 e. The van der Waals surface area contributed by atoms with E-state index >= 15 is 0 Å². The molecular weight excluding hydrogens is 547 g/mol. The molecule has 0 saturated carbocycles. The van der Waals surface area contributed by atoms with Gasteiger partial charge in [0.1, 0.15) is 6.04 Å². The van der Waals surface area contributed by atoms with Gasteiger partial charge in [-0.1, -0.05) is 28.1 Å². The highest BCUT2D eigenvalue weighted by atomic mass is 79.9. The van der Waals surface area contributed by atoms with Crippen LogP contribution >= 0.6 is 15.9 Å². The van der Waals surface area contributed by atoms with Crippen LogP contribution in [0.15, 0.2) is 53.1 Å². The quantitative estimate of drug-likeness (QED) is 0.443. The lowest BCUT2D eigenvalue weighted by Gasteiger charge is -2.25. The number of aromatic amines is 1. The average molecular weight is 570 g/mol. The van der Waals surface area contributed by atoms with Gasteiger partial charge in [-0.15, -0.1) is 0 Å². The summed E-state index contributed by atoms with van der Waals surface area (Å²) in [6, 6.07) is 12.3. The molecule has 4 N–H and O–H groups in total. The van der Waals surface area contributed by atoms with Gasteiger partial charge in [0.05, 0.1) is 11.7 Å². The lowest BCUT2D eigenvalue weighted by Crippen LogP contribution is -2.41. The van der Waals surface area contributed by atoms with Crippen molar-refractivity contribution < 1.29 is 32.7 Å². The predicted octanol–water partition coefficient (Wildman–Crippen LogP) is 3.33. The van der Waals surface area contributed by atoms with E-state index in [1.165, 1.54) is 0 Å². The molecule has 2 heterocycles. The van der Waals surface area contributed by atoms with E-state index in [-0.39, 0.29) is 11.8 Å². The van der Waals surface area contributed by atoms with Crippen LogP contribution in [-0.2, 0) is 9.59 Å². The van der Waals surface area contributed by atoms with Gasteiger partial charge >= 0.3 is 12.1 Å². The Balaban J connectivity index is 0.000000454. The third kappa shape index (κ3) is 6.82. The number of carboxylic acids is 1. The molecule has 0 radical (unpaired) electrons. The number of carboxylic acid groups (broad SMARTS) is 1. The van der Waals surface area contributed by atoms with Gasteiger partial charge in [-0.3, -0.25) is 14.7 Å². The second-order valence-electron chi connectivity index (χ2n) is 7.98. The predicted molar refractivity (Wildman–Crippen MR) is 128 cm³/mol. The van der Waals surface area contributed by atoms with Crippen LogP contribution in [0, 0.1) is 0 Å². The minimum atomic E-state index is -5.08. The maximum atomic E-state index is 12.9. The zero-order chi connectivity index (χ0) is 26.5. The molecular formula is C23H23BrF3N5O4. The first kappa shape index (κ1) is 27.1. The molecule has 1 fully saturated rings. The number of nitrogens with zero attached hydrogens (tertiary/aromatic N) is 3. The zero-order valence-corrected chi connectivity index (χ0v) is 20.4. The van der Waals surface area contributed by atoms with E-state index in [0.717, 1.165) is 27.4 Å². The monoisotopic (exact) mass is 569 g/mol. The number of nitrogens with two attached hydrogens (primary N) is 1. The summed E-state index contributed by atoms with van der Waals surface area (Å²) in [4.78, 5) is 38.3. The first-order chi connectivity index (χ1) is 17.0. The number of benzene rings is 2. The molecule has 0 bridgehead atoms. The molecule has 9 nitrogen and oxygen atoms in total. The van der Waals surface area contributed by atoms with E-state index in [2.05, 4.69) is 26.1 Å². The third-order valence-electron chi connectivity index (χ3n) is 5.52. The Hall–Kier alpha value is -3.45. The second-order valence-corrected chi connectivity index (χ2v) is 8.89. The molecule has 4 rings (SSSR count). The number of fused-ring (bicyclic) bond motifs is 1. The highest BCUT2D eigenvalue weighted by molar-refractivity contribution is 9.10. The highest BCUT2D eigenvalue weighted by Crippen LogP contribution is 2.19. The summed E-state index contributed by atoms with van der Waals surface area (Å²) in [6.07, 6.45) is -2.66. The molecule has 1 saturated heterocycles. The lowest BCUT2D eigenvalue weighted by molar-refractivity contribution is -0.192. The molecule has 0 aliphatic carbocycles. The molecule has 1 aromatic heterocycles. The molecule has 3 aromatic rings. The van der Waals surface area contributed by atoms with E-state index in [4.69, 9.17) is 15.6 Å². The number of hydrogen-bond donors (Lipinski definition) is 3. The zero-order valence-electron chi connectivity index (χ0n) is 18.8. The number of aliphatic carboxylic acids is 1. The number of alkyl halides is 3. The van der Waals surface area contributed by atoms with E-state index < -0.39 is 18.2 Å². The summed E-state index contributed by atoms with van der Waals surface area (Å²) < 4.78 is 32.7. The normalized spacial score (nSPS) is 15.0. The molecule has 0 spiro atoms. The van der Waals surface area contributed by atoms with Crippen LogP contribution < -0.4 is 5.73 Å². The fourth-order valence-corrected chi connectivity index (χ4v) is 3.87. The van der Waals surface area contributed by atoms with Crippen molar-refractivity contribution in [1.82, 2.24) is 20.0 Å². The van der Waals surface area contributed by atoms with Crippen molar-refractivity contribution >= 4 is 44.6 Å². The van der Waals surface area contributed by atoms with Gasteiger partial charge in [0.25, 0.3) is 5.91 Å². The Morgan fingerprint density at radius 2 is 1.64 bits per heavy atom. The number of carbonyl (C=O) groups is 3. The van der Waals surface area contributed by atoms with Crippen LogP contribution in [0.25, 0.3) is 10.9 Å². The van der Waals surface area contributed by atoms with Gasteiger partial charge in [-0.2, -0.15) is 18.3 Å². The van der Waals surface area contributed by atoms with Crippen LogP contribution in [0.2, 0.25) is 0 Å². The fraction of sp³-hybridized carbons (Fsp3) is 0.304. The van der Waals surface area contributed by atoms with Crippen LogP contribution in [-0.4, -0.2) is 75.2 Å². The van der Waals surface area contributed by atoms with Gasteiger partial charge in [-0.05, 0) is 42.3 Å². The standard InChI is InChI=1S/C21H22BrN5O2.C2HF3O2/c22-17-5-2-14(3-6-17)19(23)21(29)27-9-1-8-26(10-11-27)20(28)15-4-7-18-16(12-15)13-24-25-18;3-2(4,5)1(6)7/h2-7,12-13,19H,1,8-11,23H2,(H,24,25);(H,6,7). The van der Waals surface area contributed by atoms with Gasteiger partial charge < -0.3 is 20.6 Å². The Kier molecular flexibility index (Phi) is 8.69. The lowest BCUT2D eigenvalue weighted by atomic mass is 10.1. The SMILES string of the molecule is NC(C(=O)N1CCCN(C(=O)c2ccc3[nH]ncc3c2)CC1)c1ccc(Br)cc1.O=C(O)C(F)(F)F. The Labute approximate surface area is 212 Å². The summed E-state index contributed by atoms with van der Waals surface area (Å²) in [5.74, 6) is -2.89. The minimum Gasteiger partial charge on any atom is -0.475 e. The molecule has 1 atom stereocenters. The molecule has 13 heteroatoms. The second kappa shape index (κ2) is 11.5. The number of rotatable bonds is 3. The molecule has 2 amide bonds. The van der Waals surface area contributed by atoms with Crippen molar-refractivity contribution in [3.8, 4) is 0 Å². The number of carbonyl (C=O) groups excluding carboxylic acids is 2. The largest absolute Gasteiger partial charge is 0.490 e. The maximum absolute atomic E-state index is 12.9. The van der Waals surface area contributed by atoms with Gasteiger partial charge in [-0.25, -0.2) is 4.79 Å². The summed E-state index contributed by atoms with van der Waals surface area (Å²) in [7, 11) is 0. The van der Waals surface area contributed by atoms with E-state index in [0.29, 0.717) is 31.7 Å². The number of amides is 2. The third-order valence-corrected chi connectivity index (χ3v) is 6.05. The van der Waals surface area contributed by atoms with Crippen molar-refractivity contribution in [2.75, 3.05) is 26.2 Å². The first-order valence-electron chi connectivity index (χ1n) is 10.8. The number of halogens is 4. The summed E-state index contributed by atoms with van der Waals surface area (Å²) in [5.41, 5.74) is 8.51. The summed E-state index contributed by atoms with van der Waals surface area (Å²) in [6.45, 7) is 2.16. The minimum absolute atomic E-state index is 0.0281. The number of aromatic nitrogens is 2. The molecule has 192 valence electrons. The molecule has 36 heavy (non-hydrogen) atoms. The molecule has 1 aliphatic heterocycles. The molecule has 1 aliphatic rings. The van der Waals surface area contributed by atoms with Crippen molar-refractivity contribution in [3.63, 3.8) is 0 Å². The molecule has 2 aromatic carbocycles. The van der Waals surface area contributed by atoms with Gasteiger partial charge in [0, 0.05) is 41.6 Å². The van der Waals surface area contributed by atoms with Crippen molar-refractivity contribution in [2.45, 2.75) is 18.6 Å². The van der Waals surface area contributed by atoms with Crippen LogP contribution in [0.1, 0.15) is 28.4 Å². The smallest absolute Gasteiger partial charge is 0.475 e. The average Bonchev–Trinajstić information content (AvgIpc) is 3.18. The Morgan fingerprint density at radius 3 is 2.28 bits per heavy atom. The summed E-state index contributed by atoms with van der Waals surface area (Å²) >= 11 is 3.39. The first-order valence-corrected chi connectivity index (χ1v) is 11.6. The van der Waals surface area contributed by atoms with Gasteiger partial charge in [0.2, 0.25) is 5.91 Å². The topological polar surface area (TPSA) is 133 Å². The Bertz CT molecular complexity index is 1230. The number of nitrogens with one attached hydrogen (secondary N) is 1. The van der Waals surface area contributed by atoms with E-state index in [1.807, 2.05) is 36.4 Å². The number of hydrogen-bond acceptors (Lipinski definition) is 5. The van der Waals surface area contributed by atoms with Crippen LogP contribution in [0.5, 0.6) is 0 Å². The molecule has 1 unspecified atom stereocenters. The van der Waals surface area contributed by atoms with Crippen molar-refractivity contribution in [2.24, 2.45) is 5.73 Å². The Morgan fingerprint density at radius 1 is 1.03 bits per heavy atom. The van der Waals surface area contributed by atoms with Crippen LogP contribution in [0.4, 0.5) is 13.2 Å². The van der Waals surface area contributed by atoms with E-state index in [1.54, 1.807) is 22.1 Å². The highest BCUT2D eigenvalue weighted by Gasteiger charge is 2.38. The summed E-state index contributed by atoms with van der Waals surface area (Å²) in [5, 5.41) is 14.9. The van der Waals surface area contributed by atoms with Crippen molar-refractivity contribution in [1.29, 1.82) is 0 Å². The van der Waals surface area contributed by atoms with Crippen molar-refractivity contribution in [3.05, 3.63) is 64.3 Å². The van der Waals surface area contributed by atoms with Gasteiger partial charge in [0.15, 0.2) is 0 Å².